The average Bonchev–Trinajstić information content (AvgIpc) is 2.85. The summed E-state index contributed by atoms with van der Waals surface area (Å²) in [7, 11) is 0. The third-order valence-electron chi connectivity index (χ3n) is 2.87. The van der Waals surface area contributed by atoms with Gasteiger partial charge in [0.15, 0.2) is 0 Å². The lowest BCUT2D eigenvalue weighted by Gasteiger charge is -2.16. The highest BCUT2D eigenvalue weighted by atomic mass is 19.4. The van der Waals surface area contributed by atoms with Crippen molar-refractivity contribution in [1.29, 1.82) is 0 Å². The van der Waals surface area contributed by atoms with Gasteiger partial charge in [0, 0.05) is 13.0 Å². The molecule has 1 amide bonds. The highest BCUT2D eigenvalue weighted by Crippen LogP contribution is 2.21. The van der Waals surface area contributed by atoms with Crippen molar-refractivity contribution in [3.05, 3.63) is 0 Å². The summed E-state index contributed by atoms with van der Waals surface area (Å²) in [6, 6.07) is -1.98. The van der Waals surface area contributed by atoms with Gasteiger partial charge in [0.2, 0.25) is 5.91 Å². The Bertz CT molecular complexity index is 355. The third-order valence-corrected chi connectivity index (χ3v) is 2.87. The Morgan fingerprint density at radius 3 is 2.67 bits per heavy atom. The predicted molar refractivity (Wildman–Crippen MR) is 64.6 cm³/mol. The summed E-state index contributed by atoms with van der Waals surface area (Å²) in [6.07, 6.45) is -4.65. The number of rotatable bonds is 8. The molecule has 0 aliphatic carbocycles. The molecule has 0 aromatic rings. The molecule has 2 atom stereocenters. The fourth-order valence-corrected chi connectivity index (χ4v) is 1.85. The van der Waals surface area contributed by atoms with Crippen LogP contribution in [0.2, 0.25) is 0 Å². The molecule has 0 aromatic carbocycles. The van der Waals surface area contributed by atoms with Crippen LogP contribution < -0.4 is 5.32 Å². The molecule has 9 heteroatoms. The number of carbonyl (C=O) groups excluding carboxylic acids is 1. The van der Waals surface area contributed by atoms with Gasteiger partial charge < -0.3 is 19.9 Å². The fraction of sp³-hybridized carbons (Fsp3) is 0.833. The number of halogens is 3. The maximum atomic E-state index is 12.1. The zero-order valence-corrected chi connectivity index (χ0v) is 11.3. The van der Waals surface area contributed by atoms with Crippen LogP contribution in [-0.4, -0.2) is 55.1 Å². The Balaban J connectivity index is 2.21. The lowest BCUT2D eigenvalue weighted by atomic mass is 10.2. The van der Waals surface area contributed by atoms with Crippen molar-refractivity contribution in [2.24, 2.45) is 0 Å². The van der Waals surface area contributed by atoms with Gasteiger partial charge in [0.05, 0.1) is 25.7 Å². The minimum atomic E-state index is -4.66. The quantitative estimate of drug-likeness (QED) is 0.655. The van der Waals surface area contributed by atoms with E-state index >= 15 is 0 Å². The molecule has 21 heavy (non-hydrogen) atoms. The van der Waals surface area contributed by atoms with E-state index < -0.39 is 30.5 Å². The predicted octanol–water partition coefficient (Wildman–Crippen LogP) is 1.09. The normalized spacial score (nSPS) is 20.2. The first-order valence-corrected chi connectivity index (χ1v) is 6.56. The van der Waals surface area contributed by atoms with E-state index in [0.29, 0.717) is 13.2 Å². The molecule has 1 saturated heterocycles. The van der Waals surface area contributed by atoms with E-state index in [2.05, 4.69) is 0 Å². The number of amides is 1. The SMILES string of the molecule is O=C(CCOCC1CCCO1)NC(CC(F)(F)F)C(=O)O. The number of aliphatic carboxylic acids is 1. The number of carboxylic acids is 1. The van der Waals surface area contributed by atoms with Crippen LogP contribution in [-0.2, 0) is 19.1 Å². The van der Waals surface area contributed by atoms with Crippen molar-refractivity contribution in [1.82, 2.24) is 5.32 Å². The van der Waals surface area contributed by atoms with Gasteiger partial charge in [0.25, 0.3) is 0 Å². The van der Waals surface area contributed by atoms with Gasteiger partial charge in [-0.25, -0.2) is 4.79 Å². The summed E-state index contributed by atoms with van der Waals surface area (Å²) in [6.45, 7) is 0.995. The van der Waals surface area contributed by atoms with Crippen molar-refractivity contribution in [2.45, 2.75) is 44.0 Å². The molecule has 1 aliphatic heterocycles. The molecule has 2 N–H and O–H groups in total. The largest absolute Gasteiger partial charge is 0.480 e. The Kier molecular flexibility index (Phi) is 6.90. The van der Waals surface area contributed by atoms with E-state index in [1.807, 2.05) is 5.32 Å². The maximum Gasteiger partial charge on any atom is 0.391 e. The fourth-order valence-electron chi connectivity index (χ4n) is 1.85. The molecular weight excluding hydrogens is 295 g/mol. The van der Waals surface area contributed by atoms with Crippen LogP contribution in [0.15, 0.2) is 0 Å². The molecule has 1 heterocycles. The van der Waals surface area contributed by atoms with Crippen LogP contribution in [0.4, 0.5) is 13.2 Å². The van der Waals surface area contributed by atoms with Gasteiger partial charge in [-0.1, -0.05) is 0 Å². The lowest BCUT2D eigenvalue weighted by molar-refractivity contribution is -0.160. The second kappa shape index (κ2) is 8.18. The first-order chi connectivity index (χ1) is 9.78. The summed E-state index contributed by atoms with van der Waals surface area (Å²) >= 11 is 0. The number of alkyl halides is 3. The molecule has 1 rings (SSSR count). The van der Waals surface area contributed by atoms with E-state index in [0.717, 1.165) is 12.8 Å². The van der Waals surface area contributed by atoms with Crippen LogP contribution in [0.3, 0.4) is 0 Å². The van der Waals surface area contributed by atoms with Crippen molar-refractivity contribution >= 4 is 11.9 Å². The highest BCUT2D eigenvalue weighted by molar-refractivity contribution is 5.83. The Labute approximate surface area is 119 Å². The van der Waals surface area contributed by atoms with E-state index in [-0.39, 0.29) is 19.1 Å². The lowest BCUT2D eigenvalue weighted by Crippen LogP contribution is -2.43. The minimum Gasteiger partial charge on any atom is -0.480 e. The van der Waals surface area contributed by atoms with Crippen molar-refractivity contribution in [3.63, 3.8) is 0 Å². The smallest absolute Gasteiger partial charge is 0.391 e. The summed E-state index contributed by atoms with van der Waals surface area (Å²) < 4.78 is 46.9. The van der Waals surface area contributed by atoms with Crippen molar-refractivity contribution < 1.29 is 37.3 Å². The molecule has 0 bridgehead atoms. The first kappa shape index (κ1) is 17.7. The maximum absolute atomic E-state index is 12.1. The Morgan fingerprint density at radius 2 is 2.14 bits per heavy atom. The minimum absolute atomic E-state index is 0.00402. The zero-order chi connectivity index (χ0) is 15.9. The van der Waals surface area contributed by atoms with Crippen LogP contribution >= 0.6 is 0 Å². The highest BCUT2D eigenvalue weighted by Gasteiger charge is 2.36. The molecular formula is C12H18F3NO5. The van der Waals surface area contributed by atoms with Crippen LogP contribution in [0.5, 0.6) is 0 Å². The van der Waals surface area contributed by atoms with Gasteiger partial charge in [-0.3, -0.25) is 4.79 Å². The molecule has 0 saturated carbocycles. The standard InChI is InChI=1S/C12H18F3NO5/c13-12(14,15)6-9(11(18)19)16-10(17)3-5-20-7-8-2-1-4-21-8/h8-9H,1-7H2,(H,16,17)(H,18,19). The van der Waals surface area contributed by atoms with Gasteiger partial charge in [-0.05, 0) is 12.8 Å². The Morgan fingerprint density at radius 1 is 1.43 bits per heavy atom. The van der Waals surface area contributed by atoms with E-state index in [4.69, 9.17) is 14.6 Å². The van der Waals surface area contributed by atoms with Crippen LogP contribution in [0.25, 0.3) is 0 Å². The second-order valence-corrected chi connectivity index (χ2v) is 4.74. The van der Waals surface area contributed by atoms with Gasteiger partial charge in [-0.15, -0.1) is 0 Å². The summed E-state index contributed by atoms with van der Waals surface area (Å²) in [5.74, 6) is -2.51. The first-order valence-electron chi connectivity index (χ1n) is 6.56. The Hall–Kier alpha value is -1.35. The van der Waals surface area contributed by atoms with E-state index in [1.54, 1.807) is 0 Å². The molecule has 1 fully saturated rings. The average molecular weight is 313 g/mol. The van der Waals surface area contributed by atoms with Gasteiger partial charge in [-0.2, -0.15) is 13.2 Å². The zero-order valence-electron chi connectivity index (χ0n) is 11.3. The number of hydrogen-bond acceptors (Lipinski definition) is 4. The molecule has 0 radical (unpaired) electrons. The van der Waals surface area contributed by atoms with E-state index in [9.17, 15) is 22.8 Å². The number of hydrogen-bond donors (Lipinski definition) is 2. The number of ether oxygens (including phenoxy) is 2. The summed E-state index contributed by atoms with van der Waals surface area (Å²) in [5, 5.41) is 10.5. The van der Waals surface area contributed by atoms with E-state index in [1.165, 1.54) is 0 Å². The summed E-state index contributed by atoms with van der Waals surface area (Å²) in [5.41, 5.74) is 0. The van der Waals surface area contributed by atoms with Crippen molar-refractivity contribution in [2.75, 3.05) is 19.8 Å². The topological polar surface area (TPSA) is 84.9 Å². The monoisotopic (exact) mass is 313 g/mol. The molecule has 0 aromatic heterocycles. The van der Waals surface area contributed by atoms with Gasteiger partial charge >= 0.3 is 12.1 Å². The molecule has 1 aliphatic rings. The number of carboxylic acid groups (broad SMARTS) is 1. The van der Waals surface area contributed by atoms with Crippen LogP contribution in [0.1, 0.15) is 25.7 Å². The number of nitrogens with one attached hydrogen (secondary N) is 1. The van der Waals surface area contributed by atoms with Gasteiger partial charge in [0.1, 0.15) is 6.04 Å². The molecule has 122 valence electrons. The summed E-state index contributed by atoms with van der Waals surface area (Å²) in [4.78, 5) is 22.0. The van der Waals surface area contributed by atoms with Crippen LogP contribution in [0, 0.1) is 0 Å². The molecule has 0 spiro atoms. The number of carbonyl (C=O) groups is 2. The molecule has 6 nitrogen and oxygen atoms in total. The third kappa shape index (κ3) is 7.86. The van der Waals surface area contributed by atoms with Crippen molar-refractivity contribution in [3.8, 4) is 0 Å². The molecule has 2 unspecified atom stereocenters. The second-order valence-electron chi connectivity index (χ2n) is 4.74.